The summed E-state index contributed by atoms with van der Waals surface area (Å²) in [6.45, 7) is 4.75. The highest BCUT2D eigenvalue weighted by molar-refractivity contribution is 6.33. The van der Waals surface area contributed by atoms with Crippen LogP contribution in [0.4, 0.5) is 19.0 Å². The van der Waals surface area contributed by atoms with E-state index in [0.717, 1.165) is 6.07 Å². The molecule has 0 spiro atoms. The van der Waals surface area contributed by atoms with Crippen LogP contribution in [0.1, 0.15) is 26.3 Å². The zero-order valence-corrected chi connectivity index (χ0v) is 11.9. The molecule has 0 amide bonds. The fourth-order valence-corrected chi connectivity index (χ4v) is 1.98. The van der Waals surface area contributed by atoms with E-state index in [9.17, 15) is 23.1 Å². The average Bonchev–Trinajstić information content (AvgIpc) is 2.30. The van der Waals surface area contributed by atoms with Gasteiger partial charge in [-0.2, -0.15) is 13.2 Å². The maximum atomic E-state index is 12.5. The molecule has 1 rings (SSSR count). The topological polar surface area (TPSA) is 53.4 Å². The monoisotopic (exact) mass is 310 g/mol. The Kier molecular flexibility index (Phi) is 4.53. The number of rotatable bonds is 4. The van der Waals surface area contributed by atoms with Crippen molar-refractivity contribution in [2.75, 3.05) is 11.4 Å². The molecule has 0 aliphatic carbocycles. The molecule has 0 saturated carbocycles. The van der Waals surface area contributed by atoms with E-state index < -0.39 is 23.2 Å². The van der Waals surface area contributed by atoms with Crippen molar-refractivity contribution in [2.24, 2.45) is 0 Å². The van der Waals surface area contributed by atoms with Crippen molar-refractivity contribution < 1.29 is 23.1 Å². The molecule has 0 aliphatic heterocycles. The molecule has 0 atom stereocenters. The summed E-state index contributed by atoms with van der Waals surface area (Å²) in [5.74, 6) is -1.12. The molecule has 1 N–H and O–H groups in total. The third-order valence-corrected chi connectivity index (χ3v) is 3.20. The lowest BCUT2D eigenvalue weighted by Gasteiger charge is -2.35. The van der Waals surface area contributed by atoms with Crippen LogP contribution in [0.15, 0.2) is 12.3 Å². The van der Waals surface area contributed by atoms with Gasteiger partial charge in [-0.25, -0.2) is 9.78 Å². The highest BCUT2D eigenvalue weighted by atomic mass is 35.5. The third-order valence-electron chi connectivity index (χ3n) is 2.92. The summed E-state index contributed by atoms with van der Waals surface area (Å²) in [6.07, 6.45) is -3.91. The van der Waals surface area contributed by atoms with Crippen molar-refractivity contribution in [3.8, 4) is 0 Å². The molecule has 1 aromatic rings. The van der Waals surface area contributed by atoms with Gasteiger partial charge in [0.15, 0.2) is 0 Å². The molecular formula is C12H14ClF3N2O2. The van der Waals surface area contributed by atoms with Gasteiger partial charge in [0.2, 0.25) is 0 Å². The Morgan fingerprint density at radius 2 is 2.00 bits per heavy atom. The van der Waals surface area contributed by atoms with Gasteiger partial charge in [0.05, 0.1) is 10.6 Å². The molecule has 4 nitrogen and oxygen atoms in total. The lowest BCUT2D eigenvalue weighted by Crippen LogP contribution is -2.50. The maximum absolute atomic E-state index is 12.5. The standard InChI is InChI=1S/C12H14ClF3N2O2/c1-4-18(11(2,3)10(19)20)9-8(13)5-7(6-17-9)12(14,15)16/h5-6H,4H2,1-3H3,(H,19,20). The van der Waals surface area contributed by atoms with Crippen LogP contribution >= 0.6 is 11.6 Å². The van der Waals surface area contributed by atoms with E-state index in [0.29, 0.717) is 6.20 Å². The summed E-state index contributed by atoms with van der Waals surface area (Å²) in [6, 6.07) is 0.741. The van der Waals surface area contributed by atoms with Gasteiger partial charge in [0.25, 0.3) is 0 Å². The van der Waals surface area contributed by atoms with E-state index in [1.54, 1.807) is 6.92 Å². The lowest BCUT2D eigenvalue weighted by atomic mass is 10.0. The van der Waals surface area contributed by atoms with Crippen LogP contribution in [-0.2, 0) is 11.0 Å². The van der Waals surface area contributed by atoms with Gasteiger partial charge in [0, 0.05) is 12.7 Å². The molecule has 0 radical (unpaired) electrons. The van der Waals surface area contributed by atoms with E-state index >= 15 is 0 Å². The highest BCUT2D eigenvalue weighted by Gasteiger charge is 2.37. The normalized spacial score (nSPS) is 12.3. The quantitative estimate of drug-likeness (QED) is 0.925. The molecule has 1 aromatic heterocycles. The minimum absolute atomic E-state index is 0.00886. The first kappa shape index (κ1) is 16.6. The molecule has 0 unspecified atom stereocenters. The van der Waals surface area contributed by atoms with Gasteiger partial charge in [-0.3, -0.25) is 0 Å². The Bertz CT molecular complexity index is 518. The molecule has 0 aromatic carbocycles. The Morgan fingerprint density at radius 3 is 2.35 bits per heavy atom. The molecule has 112 valence electrons. The number of hydrogen-bond donors (Lipinski definition) is 1. The third kappa shape index (κ3) is 3.15. The van der Waals surface area contributed by atoms with E-state index in [4.69, 9.17) is 11.6 Å². The van der Waals surface area contributed by atoms with Crippen LogP contribution in [0.3, 0.4) is 0 Å². The Labute approximate surface area is 119 Å². The number of anilines is 1. The number of halogens is 4. The van der Waals surface area contributed by atoms with Crippen molar-refractivity contribution in [1.29, 1.82) is 0 Å². The minimum atomic E-state index is -4.55. The van der Waals surface area contributed by atoms with Gasteiger partial charge in [0.1, 0.15) is 11.4 Å². The van der Waals surface area contributed by atoms with E-state index in [-0.39, 0.29) is 17.4 Å². The number of alkyl halides is 3. The van der Waals surface area contributed by atoms with Gasteiger partial charge >= 0.3 is 12.1 Å². The Balaban J connectivity index is 3.29. The van der Waals surface area contributed by atoms with Crippen LogP contribution in [0.5, 0.6) is 0 Å². The summed E-state index contributed by atoms with van der Waals surface area (Å²) in [5, 5.41) is 8.95. The zero-order chi connectivity index (χ0) is 15.7. The molecule has 1 heterocycles. The molecule has 0 saturated heterocycles. The Hall–Kier alpha value is -1.50. The van der Waals surface area contributed by atoms with Crippen molar-refractivity contribution >= 4 is 23.4 Å². The van der Waals surface area contributed by atoms with Crippen LogP contribution in [0.2, 0.25) is 5.02 Å². The van der Waals surface area contributed by atoms with Gasteiger partial charge in [-0.1, -0.05) is 11.6 Å². The summed E-state index contributed by atoms with van der Waals surface area (Å²) in [5.41, 5.74) is -2.32. The number of aromatic nitrogens is 1. The number of carboxylic acids is 1. The predicted molar refractivity (Wildman–Crippen MR) is 69.0 cm³/mol. The smallest absolute Gasteiger partial charge is 0.417 e. The predicted octanol–water partition coefficient (Wildman–Crippen LogP) is 3.44. The fraction of sp³-hybridized carbons (Fsp3) is 0.500. The number of carbonyl (C=O) groups is 1. The molecule has 0 bridgehead atoms. The van der Waals surface area contributed by atoms with Crippen molar-refractivity contribution in [1.82, 2.24) is 4.98 Å². The number of pyridine rings is 1. The number of carboxylic acid groups (broad SMARTS) is 1. The summed E-state index contributed by atoms with van der Waals surface area (Å²) in [4.78, 5) is 16.2. The molecule has 8 heteroatoms. The SMILES string of the molecule is CCN(c1ncc(C(F)(F)F)cc1Cl)C(C)(C)C(=O)O. The second-order valence-electron chi connectivity index (χ2n) is 4.64. The Morgan fingerprint density at radius 1 is 1.45 bits per heavy atom. The van der Waals surface area contributed by atoms with Crippen molar-refractivity contribution in [3.05, 3.63) is 22.8 Å². The van der Waals surface area contributed by atoms with Gasteiger partial charge in [-0.15, -0.1) is 0 Å². The first-order valence-electron chi connectivity index (χ1n) is 5.75. The first-order valence-corrected chi connectivity index (χ1v) is 6.13. The zero-order valence-electron chi connectivity index (χ0n) is 11.1. The number of likely N-dealkylation sites (N-methyl/N-ethyl adjacent to an activating group) is 1. The van der Waals surface area contributed by atoms with Gasteiger partial charge < -0.3 is 10.0 Å². The fourth-order valence-electron chi connectivity index (χ4n) is 1.71. The van der Waals surface area contributed by atoms with Crippen LogP contribution in [-0.4, -0.2) is 28.1 Å². The largest absolute Gasteiger partial charge is 0.480 e. The van der Waals surface area contributed by atoms with Crippen LogP contribution < -0.4 is 4.90 Å². The second kappa shape index (κ2) is 5.47. The molecule has 0 aliphatic rings. The second-order valence-corrected chi connectivity index (χ2v) is 5.04. The van der Waals surface area contributed by atoms with Crippen LogP contribution in [0.25, 0.3) is 0 Å². The molecular weight excluding hydrogens is 297 g/mol. The minimum Gasteiger partial charge on any atom is -0.480 e. The first-order chi connectivity index (χ1) is 9.01. The number of aliphatic carboxylic acids is 1. The van der Waals surface area contributed by atoms with Crippen molar-refractivity contribution in [3.63, 3.8) is 0 Å². The van der Waals surface area contributed by atoms with Gasteiger partial charge in [-0.05, 0) is 26.8 Å². The number of nitrogens with zero attached hydrogens (tertiary/aromatic N) is 2. The van der Waals surface area contributed by atoms with E-state index in [1.807, 2.05) is 0 Å². The summed E-state index contributed by atoms with van der Waals surface area (Å²) in [7, 11) is 0. The lowest BCUT2D eigenvalue weighted by molar-refractivity contribution is -0.142. The summed E-state index contributed by atoms with van der Waals surface area (Å²) < 4.78 is 37.6. The maximum Gasteiger partial charge on any atom is 0.417 e. The molecule has 20 heavy (non-hydrogen) atoms. The highest BCUT2D eigenvalue weighted by Crippen LogP contribution is 2.35. The molecule has 0 fully saturated rings. The van der Waals surface area contributed by atoms with Crippen LogP contribution in [0, 0.1) is 0 Å². The van der Waals surface area contributed by atoms with Crippen molar-refractivity contribution in [2.45, 2.75) is 32.5 Å². The average molecular weight is 311 g/mol. The van der Waals surface area contributed by atoms with E-state index in [1.165, 1.54) is 18.7 Å². The summed E-state index contributed by atoms with van der Waals surface area (Å²) >= 11 is 5.82. The number of hydrogen-bond acceptors (Lipinski definition) is 3. The van der Waals surface area contributed by atoms with E-state index in [2.05, 4.69) is 4.98 Å².